The van der Waals surface area contributed by atoms with Gasteiger partial charge in [-0.25, -0.2) is 0 Å². The van der Waals surface area contributed by atoms with E-state index in [1.807, 2.05) is 6.07 Å². The average Bonchev–Trinajstić information content (AvgIpc) is 2.62. The van der Waals surface area contributed by atoms with Crippen LogP contribution in [0.1, 0.15) is 25.7 Å². The van der Waals surface area contributed by atoms with Gasteiger partial charge in [0.25, 0.3) is 5.69 Å². The minimum Gasteiger partial charge on any atom is -0.393 e. The van der Waals surface area contributed by atoms with Crippen LogP contribution >= 0.6 is 0 Å². The standard InChI is InChI=1S/C13H16N2O3/c16-13-7-10-4-5-11(8-13)14(10)9-2-1-3-12(6-9)15(17)18/h1-3,6,10-11,13,16H,4-5,7-8H2. The number of aliphatic hydroxyl groups excluding tert-OH is 1. The zero-order valence-electron chi connectivity index (χ0n) is 10.0. The molecular weight excluding hydrogens is 232 g/mol. The molecule has 5 nitrogen and oxygen atoms in total. The summed E-state index contributed by atoms with van der Waals surface area (Å²) in [7, 11) is 0. The van der Waals surface area contributed by atoms with Crippen molar-refractivity contribution in [2.75, 3.05) is 4.90 Å². The average molecular weight is 248 g/mol. The minimum atomic E-state index is -0.357. The molecule has 2 saturated heterocycles. The summed E-state index contributed by atoms with van der Waals surface area (Å²) in [5, 5.41) is 20.6. The SMILES string of the molecule is O=[N+]([O-])c1cccc(N2C3CCC2CC(O)C3)c1. The van der Waals surface area contributed by atoms with E-state index in [0.29, 0.717) is 12.1 Å². The van der Waals surface area contributed by atoms with Crippen LogP contribution in [0.4, 0.5) is 11.4 Å². The number of anilines is 1. The van der Waals surface area contributed by atoms with Gasteiger partial charge in [-0.05, 0) is 31.7 Å². The summed E-state index contributed by atoms with van der Waals surface area (Å²) < 4.78 is 0. The van der Waals surface area contributed by atoms with Gasteiger partial charge < -0.3 is 10.0 Å². The Morgan fingerprint density at radius 1 is 1.28 bits per heavy atom. The van der Waals surface area contributed by atoms with Crippen LogP contribution in [0, 0.1) is 10.1 Å². The molecule has 2 unspecified atom stereocenters. The van der Waals surface area contributed by atoms with Gasteiger partial charge in [-0.1, -0.05) is 6.07 Å². The first-order valence-corrected chi connectivity index (χ1v) is 6.36. The first kappa shape index (κ1) is 11.5. The number of benzene rings is 1. The number of nitrogens with zero attached hydrogens (tertiary/aromatic N) is 2. The highest BCUT2D eigenvalue weighted by Crippen LogP contribution is 2.39. The van der Waals surface area contributed by atoms with Crippen molar-refractivity contribution in [3.63, 3.8) is 0 Å². The molecule has 0 amide bonds. The molecule has 0 saturated carbocycles. The highest BCUT2D eigenvalue weighted by atomic mass is 16.6. The lowest BCUT2D eigenvalue weighted by Gasteiger charge is -2.38. The second-order valence-corrected chi connectivity index (χ2v) is 5.19. The molecule has 2 aliphatic heterocycles. The van der Waals surface area contributed by atoms with Gasteiger partial charge in [-0.2, -0.15) is 0 Å². The molecule has 2 aliphatic rings. The summed E-state index contributed by atoms with van der Waals surface area (Å²) in [5.41, 5.74) is 1.06. The second-order valence-electron chi connectivity index (χ2n) is 5.19. The van der Waals surface area contributed by atoms with E-state index in [0.717, 1.165) is 31.4 Å². The molecule has 0 aromatic heterocycles. The monoisotopic (exact) mass is 248 g/mol. The van der Waals surface area contributed by atoms with Gasteiger partial charge in [-0.3, -0.25) is 10.1 Å². The summed E-state index contributed by atoms with van der Waals surface area (Å²) in [6.07, 6.45) is 3.49. The second kappa shape index (κ2) is 4.24. The summed E-state index contributed by atoms with van der Waals surface area (Å²) in [6, 6.07) is 7.49. The Kier molecular flexibility index (Phi) is 2.70. The molecule has 0 spiro atoms. The number of nitro benzene ring substituents is 1. The highest BCUT2D eigenvalue weighted by Gasteiger charge is 2.40. The zero-order valence-corrected chi connectivity index (χ0v) is 10.0. The van der Waals surface area contributed by atoms with Gasteiger partial charge >= 0.3 is 0 Å². The van der Waals surface area contributed by atoms with Crippen LogP contribution in [0.3, 0.4) is 0 Å². The molecule has 18 heavy (non-hydrogen) atoms. The third-order valence-corrected chi connectivity index (χ3v) is 4.05. The Bertz CT molecular complexity index is 463. The van der Waals surface area contributed by atoms with E-state index in [4.69, 9.17) is 0 Å². The van der Waals surface area contributed by atoms with E-state index in [1.165, 1.54) is 6.07 Å². The Labute approximate surface area is 105 Å². The summed E-state index contributed by atoms with van der Waals surface area (Å²) >= 11 is 0. The number of fused-ring (bicyclic) bond motifs is 2. The molecule has 2 heterocycles. The lowest BCUT2D eigenvalue weighted by atomic mass is 9.99. The van der Waals surface area contributed by atoms with Crippen LogP contribution in [-0.2, 0) is 0 Å². The smallest absolute Gasteiger partial charge is 0.271 e. The van der Waals surface area contributed by atoms with Crippen molar-refractivity contribution in [2.24, 2.45) is 0 Å². The van der Waals surface area contributed by atoms with Crippen molar-refractivity contribution in [3.05, 3.63) is 34.4 Å². The fourth-order valence-corrected chi connectivity index (χ4v) is 3.34. The van der Waals surface area contributed by atoms with Crippen LogP contribution in [0.5, 0.6) is 0 Å². The molecule has 0 radical (unpaired) electrons. The third-order valence-electron chi connectivity index (χ3n) is 4.05. The van der Waals surface area contributed by atoms with E-state index in [9.17, 15) is 15.2 Å². The topological polar surface area (TPSA) is 66.6 Å². The fourth-order valence-electron chi connectivity index (χ4n) is 3.34. The summed E-state index contributed by atoms with van der Waals surface area (Å²) in [5.74, 6) is 0. The molecule has 1 N–H and O–H groups in total. The van der Waals surface area contributed by atoms with Crippen molar-refractivity contribution in [3.8, 4) is 0 Å². The number of hydrogen-bond acceptors (Lipinski definition) is 4. The first-order valence-electron chi connectivity index (χ1n) is 6.36. The van der Waals surface area contributed by atoms with Gasteiger partial charge in [0, 0.05) is 29.9 Å². The Hall–Kier alpha value is -1.62. The highest BCUT2D eigenvalue weighted by molar-refractivity contribution is 5.56. The van der Waals surface area contributed by atoms with Crippen molar-refractivity contribution in [1.29, 1.82) is 0 Å². The number of hydrogen-bond donors (Lipinski definition) is 1. The molecule has 2 fully saturated rings. The Morgan fingerprint density at radius 2 is 1.94 bits per heavy atom. The fraction of sp³-hybridized carbons (Fsp3) is 0.538. The number of piperidine rings is 1. The molecule has 2 bridgehead atoms. The number of nitro groups is 1. The van der Waals surface area contributed by atoms with Crippen molar-refractivity contribution < 1.29 is 10.0 Å². The minimum absolute atomic E-state index is 0.137. The summed E-state index contributed by atoms with van der Waals surface area (Å²) in [4.78, 5) is 12.7. The predicted molar refractivity (Wildman–Crippen MR) is 67.6 cm³/mol. The van der Waals surface area contributed by atoms with E-state index in [-0.39, 0.29) is 16.7 Å². The molecule has 5 heteroatoms. The molecule has 1 aromatic carbocycles. The maximum Gasteiger partial charge on any atom is 0.271 e. The maximum atomic E-state index is 10.8. The van der Waals surface area contributed by atoms with Crippen LogP contribution in [0.25, 0.3) is 0 Å². The van der Waals surface area contributed by atoms with Crippen molar-refractivity contribution in [1.82, 2.24) is 0 Å². The maximum absolute atomic E-state index is 10.8. The van der Waals surface area contributed by atoms with E-state index in [1.54, 1.807) is 12.1 Å². The van der Waals surface area contributed by atoms with Gasteiger partial charge in [-0.15, -0.1) is 0 Å². The molecule has 1 aromatic rings. The van der Waals surface area contributed by atoms with Gasteiger partial charge in [0.05, 0.1) is 11.0 Å². The number of aliphatic hydroxyl groups is 1. The molecule has 3 rings (SSSR count). The Balaban J connectivity index is 1.91. The van der Waals surface area contributed by atoms with Gasteiger partial charge in [0.15, 0.2) is 0 Å². The quantitative estimate of drug-likeness (QED) is 0.642. The van der Waals surface area contributed by atoms with Crippen molar-refractivity contribution in [2.45, 2.75) is 43.9 Å². The molecule has 2 atom stereocenters. The lowest BCUT2D eigenvalue weighted by Crippen LogP contribution is -2.44. The van der Waals surface area contributed by atoms with Crippen LogP contribution in [0.15, 0.2) is 24.3 Å². The van der Waals surface area contributed by atoms with E-state index >= 15 is 0 Å². The molecule has 0 aliphatic carbocycles. The Morgan fingerprint density at radius 3 is 2.56 bits per heavy atom. The van der Waals surface area contributed by atoms with E-state index < -0.39 is 0 Å². The third kappa shape index (κ3) is 1.84. The van der Waals surface area contributed by atoms with E-state index in [2.05, 4.69) is 4.90 Å². The van der Waals surface area contributed by atoms with Crippen LogP contribution in [0.2, 0.25) is 0 Å². The zero-order chi connectivity index (χ0) is 12.7. The predicted octanol–water partition coefficient (Wildman–Crippen LogP) is 2.09. The van der Waals surface area contributed by atoms with Crippen LogP contribution in [-0.4, -0.2) is 28.2 Å². The normalized spacial score (nSPS) is 30.5. The van der Waals surface area contributed by atoms with Gasteiger partial charge in [0.2, 0.25) is 0 Å². The number of non-ortho nitro benzene ring substituents is 1. The first-order chi connectivity index (χ1) is 8.65. The van der Waals surface area contributed by atoms with Crippen LogP contribution < -0.4 is 4.90 Å². The molecule has 96 valence electrons. The summed E-state index contributed by atoms with van der Waals surface area (Å²) in [6.45, 7) is 0. The largest absolute Gasteiger partial charge is 0.393 e. The lowest BCUT2D eigenvalue weighted by molar-refractivity contribution is -0.384. The van der Waals surface area contributed by atoms with Gasteiger partial charge in [0.1, 0.15) is 0 Å². The molecular formula is C13H16N2O3. The van der Waals surface area contributed by atoms with Crippen molar-refractivity contribution >= 4 is 11.4 Å². The number of rotatable bonds is 2.